The summed E-state index contributed by atoms with van der Waals surface area (Å²) in [6, 6.07) is -0.139. The van der Waals surface area contributed by atoms with Gasteiger partial charge >= 0.3 is 0 Å². The van der Waals surface area contributed by atoms with Crippen LogP contribution >= 0.6 is 24.0 Å². The van der Waals surface area contributed by atoms with E-state index < -0.39 is 10.2 Å². The number of hydrogen-bond acceptors (Lipinski definition) is 4. The minimum Gasteiger partial charge on any atom is -0.378 e. The van der Waals surface area contributed by atoms with E-state index in [4.69, 9.17) is 10.5 Å². The number of nitrogens with one attached hydrogen (secondary N) is 2. The Hall–Kier alpha value is -0.170. The van der Waals surface area contributed by atoms with Crippen molar-refractivity contribution in [3.63, 3.8) is 0 Å². The Bertz CT molecular complexity index is 396. The number of morpholine rings is 1. The lowest BCUT2D eigenvalue weighted by molar-refractivity contribution is 0.0674. The third-order valence-electron chi connectivity index (χ3n) is 2.40. The number of nitrogens with two attached hydrogens (primary N) is 1. The summed E-state index contributed by atoms with van der Waals surface area (Å²) < 4.78 is 33.0. The summed E-state index contributed by atoms with van der Waals surface area (Å²) in [5.74, 6) is 0.430. The summed E-state index contributed by atoms with van der Waals surface area (Å²) >= 11 is 0. The summed E-state index contributed by atoms with van der Waals surface area (Å²) in [5, 5.41) is 0. The molecule has 120 valence electrons. The van der Waals surface area contributed by atoms with Gasteiger partial charge in [0, 0.05) is 25.7 Å². The lowest BCUT2D eigenvalue weighted by Gasteiger charge is -2.27. The lowest BCUT2D eigenvalue weighted by Crippen LogP contribution is -2.45. The smallest absolute Gasteiger partial charge is 0.277 e. The molecule has 0 atom stereocenters. The van der Waals surface area contributed by atoms with Crippen molar-refractivity contribution >= 4 is 40.1 Å². The first-order valence-electron chi connectivity index (χ1n) is 6.30. The largest absolute Gasteiger partial charge is 0.378 e. The topological polar surface area (TPSA) is 109 Å². The maximum atomic E-state index is 11.5. The van der Waals surface area contributed by atoms with E-state index in [1.807, 2.05) is 4.90 Å². The maximum Gasteiger partial charge on any atom is 0.277 e. The fourth-order valence-corrected chi connectivity index (χ4v) is 2.66. The Morgan fingerprint density at radius 3 is 2.55 bits per heavy atom. The van der Waals surface area contributed by atoms with Crippen LogP contribution in [0.5, 0.6) is 0 Å². The van der Waals surface area contributed by atoms with E-state index in [1.165, 1.54) is 0 Å². The van der Waals surface area contributed by atoms with Crippen LogP contribution in [0.3, 0.4) is 0 Å². The third-order valence-corrected chi connectivity index (χ3v) is 3.77. The molecule has 0 saturated carbocycles. The molecule has 0 aromatic carbocycles. The van der Waals surface area contributed by atoms with Crippen LogP contribution in [-0.2, 0) is 14.9 Å². The minimum absolute atomic E-state index is 0. The molecule has 1 aliphatic rings. The van der Waals surface area contributed by atoms with Crippen molar-refractivity contribution in [2.75, 3.05) is 39.4 Å². The Morgan fingerprint density at radius 1 is 1.40 bits per heavy atom. The highest BCUT2D eigenvalue weighted by molar-refractivity contribution is 14.0. The summed E-state index contributed by atoms with van der Waals surface area (Å²) in [7, 11) is -3.45. The van der Waals surface area contributed by atoms with Crippen molar-refractivity contribution in [3.05, 3.63) is 0 Å². The number of aliphatic imine (C=N–C) groups is 1. The van der Waals surface area contributed by atoms with Gasteiger partial charge in [-0.1, -0.05) is 0 Å². The molecule has 0 radical (unpaired) electrons. The van der Waals surface area contributed by atoms with Gasteiger partial charge in [-0.2, -0.15) is 13.1 Å². The van der Waals surface area contributed by atoms with Gasteiger partial charge in [0.1, 0.15) is 0 Å². The van der Waals surface area contributed by atoms with Crippen LogP contribution in [0.15, 0.2) is 4.99 Å². The van der Waals surface area contributed by atoms with Gasteiger partial charge < -0.3 is 15.4 Å². The number of guanidine groups is 1. The molecular formula is C10H24IN5O3S. The van der Waals surface area contributed by atoms with Gasteiger partial charge in [0.15, 0.2) is 5.96 Å². The molecule has 8 nitrogen and oxygen atoms in total. The summed E-state index contributed by atoms with van der Waals surface area (Å²) in [6.07, 6.45) is 0. The van der Waals surface area contributed by atoms with Crippen LogP contribution in [0.2, 0.25) is 0 Å². The standard InChI is InChI=1S/C10H23N5O3S.HI/c1-9(2)14-19(16,17)13-4-3-12-10(11)15-5-7-18-8-6-15;/h9,13-14H,3-8H2,1-2H3,(H2,11,12);1H. The van der Waals surface area contributed by atoms with E-state index in [0.29, 0.717) is 25.7 Å². The Kier molecular flexibility index (Phi) is 9.63. The van der Waals surface area contributed by atoms with Crippen molar-refractivity contribution in [2.24, 2.45) is 10.7 Å². The Balaban J connectivity index is 0.00000361. The van der Waals surface area contributed by atoms with E-state index in [2.05, 4.69) is 14.4 Å². The van der Waals surface area contributed by atoms with Crippen LogP contribution in [0, 0.1) is 0 Å². The molecule has 1 fully saturated rings. The molecule has 0 bridgehead atoms. The summed E-state index contributed by atoms with van der Waals surface area (Å²) in [6.45, 7) is 6.76. The molecule has 0 aliphatic carbocycles. The first kappa shape index (κ1) is 19.8. The van der Waals surface area contributed by atoms with Crippen molar-refractivity contribution in [1.29, 1.82) is 0 Å². The quantitative estimate of drug-likeness (QED) is 0.223. The maximum absolute atomic E-state index is 11.5. The van der Waals surface area contributed by atoms with Gasteiger partial charge in [-0.15, -0.1) is 24.0 Å². The first-order chi connectivity index (χ1) is 8.91. The van der Waals surface area contributed by atoms with Crippen molar-refractivity contribution < 1.29 is 13.2 Å². The molecule has 10 heteroatoms. The fourth-order valence-electron chi connectivity index (χ4n) is 1.59. The summed E-state index contributed by atoms with van der Waals surface area (Å²) in [4.78, 5) is 6.06. The second-order valence-electron chi connectivity index (χ2n) is 4.51. The minimum atomic E-state index is -3.45. The second kappa shape index (κ2) is 9.71. The monoisotopic (exact) mass is 421 g/mol. The number of ether oxygens (including phenoxy) is 1. The normalized spacial score (nSPS) is 17.1. The van der Waals surface area contributed by atoms with Crippen molar-refractivity contribution in [1.82, 2.24) is 14.3 Å². The molecule has 1 saturated heterocycles. The zero-order valence-corrected chi connectivity index (χ0v) is 15.0. The first-order valence-corrected chi connectivity index (χ1v) is 7.78. The predicted molar refractivity (Wildman–Crippen MR) is 89.5 cm³/mol. The van der Waals surface area contributed by atoms with Gasteiger partial charge in [0.25, 0.3) is 10.2 Å². The number of nitrogens with zero attached hydrogens (tertiary/aromatic N) is 2. The highest BCUT2D eigenvalue weighted by Gasteiger charge is 2.12. The molecule has 0 amide bonds. The Morgan fingerprint density at radius 2 is 2.00 bits per heavy atom. The average molecular weight is 421 g/mol. The Labute approximate surface area is 137 Å². The van der Waals surface area contributed by atoms with Crippen molar-refractivity contribution in [2.45, 2.75) is 19.9 Å². The lowest BCUT2D eigenvalue weighted by atomic mass is 10.4. The summed E-state index contributed by atoms with van der Waals surface area (Å²) in [5.41, 5.74) is 5.81. The van der Waals surface area contributed by atoms with Crippen LogP contribution in [-0.4, -0.2) is 64.7 Å². The van der Waals surface area contributed by atoms with Gasteiger partial charge in [0.2, 0.25) is 0 Å². The van der Waals surface area contributed by atoms with Crippen molar-refractivity contribution in [3.8, 4) is 0 Å². The average Bonchev–Trinajstić information content (AvgIpc) is 2.34. The number of halogens is 1. The molecule has 0 aromatic heterocycles. The second-order valence-corrected chi connectivity index (χ2v) is 6.04. The van der Waals surface area contributed by atoms with Crippen LogP contribution in [0.4, 0.5) is 0 Å². The van der Waals surface area contributed by atoms with E-state index in [9.17, 15) is 8.42 Å². The van der Waals surface area contributed by atoms with E-state index in [0.717, 1.165) is 13.1 Å². The van der Waals surface area contributed by atoms with E-state index in [-0.39, 0.29) is 36.6 Å². The molecule has 1 heterocycles. The SMILES string of the molecule is CC(C)NS(=O)(=O)NCCN=C(N)N1CCOCC1.I. The zero-order valence-electron chi connectivity index (χ0n) is 11.8. The fraction of sp³-hybridized carbons (Fsp3) is 0.900. The zero-order chi connectivity index (χ0) is 14.3. The molecule has 1 aliphatic heterocycles. The van der Waals surface area contributed by atoms with Gasteiger partial charge in [-0.25, -0.2) is 4.72 Å². The number of hydrogen-bond donors (Lipinski definition) is 3. The van der Waals surface area contributed by atoms with Crippen LogP contribution in [0.25, 0.3) is 0 Å². The highest BCUT2D eigenvalue weighted by Crippen LogP contribution is 1.95. The van der Waals surface area contributed by atoms with Crippen LogP contribution in [0.1, 0.15) is 13.8 Å². The van der Waals surface area contributed by atoms with E-state index >= 15 is 0 Å². The van der Waals surface area contributed by atoms with Gasteiger partial charge in [0.05, 0.1) is 19.8 Å². The third kappa shape index (κ3) is 8.19. The number of rotatable bonds is 6. The van der Waals surface area contributed by atoms with E-state index in [1.54, 1.807) is 13.8 Å². The molecule has 0 spiro atoms. The molecule has 4 N–H and O–H groups in total. The van der Waals surface area contributed by atoms with Gasteiger partial charge in [-0.05, 0) is 13.8 Å². The van der Waals surface area contributed by atoms with Crippen LogP contribution < -0.4 is 15.2 Å². The molecule has 1 rings (SSSR count). The molecule has 0 aromatic rings. The molecule has 20 heavy (non-hydrogen) atoms. The molecular weight excluding hydrogens is 397 g/mol. The van der Waals surface area contributed by atoms with Gasteiger partial charge in [-0.3, -0.25) is 4.99 Å². The molecule has 0 unspecified atom stereocenters. The highest BCUT2D eigenvalue weighted by atomic mass is 127. The predicted octanol–water partition coefficient (Wildman–Crippen LogP) is -0.916.